The molecule has 4 N–H and O–H groups in total. The van der Waals surface area contributed by atoms with Crippen LogP contribution in [0.4, 0.5) is 4.79 Å². The van der Waals surface area contributed by atoms with E-state index in [9.17, 15) is 14.4 Å². The van der Waals surface area contributed by atoms with Crippen LogP contribution in [-0.2, 0) is 27.4 Å². The van der Waals surface area contributed by atoms with Crippen molar-refractivity contribution in [1.29, 1.82) is 0 Å². The third kappa shape index (κ3) is 7.13. The summed E-state index contributed by atoms with van der Waals surface area (Å²) in [6, 6.07) is 13.3. The number of rotatable bonds is 9. The number of primary amides is 1. The molecule has 2 rings (SSSR count). The molecule has 0 aliphatic rings. The number of nitrogens with one attached hydrogen (secondary N) is 2. The lowest BCUT2D eigenvalue weighted by molar-refractivity contribution is -0.129. The highest BCUT2D eigenvalue weighted by molar-refractivity contribution is 5.91. The van der Waals surface area contributed by atoms with Crippen LogP contribution < -0.4 is 16.4 Å². The highest BCUT2D eigenvalue weighted by Crippen LogP contribution is 2.16. The van der Waals surface area contributed by atoms with Gasteiger partial charge < -0.3 is 21.1 Å². The molecule has 0 heterocycles. The van der Waals surface area contributed by atoms with Gasteiger partial charge in [-0.3, -0.25) is 9.59 Å². The highest BCUT2D eigenvalue weighted by atomic mass is 16.5. The van der Waals surface area contributed by atoms with Gasteiger partial charge in [-0.1, -0.05) is 62.4 Å². The van der Waals surface area contributed by atoms with Gasteiger partial charge in [0.15, 0.2) is 0 Å². The van der Waals surface area contributed by atoms with Gasteiger partial charge in [0.05, 0.1) is 0 Å². The first kappa shape index (κ1) is 23.9. The Morgan fingerprint density at radius 3 is 2.10 bits per heavy atom. The van der Waals surface area contributed by atoms with Crippen molar-refractivity contribution in [2.45, 2.75) is 52.8 Å². The van der Waals surface area contributed by atoms with Gasteiger partial charge in [0.2, 0.25) is 11.8 Å². The number of hydrogen-bond acceptors (Lipinski definition) is 4. The topological polar surface area (TPSA) is 111 Å². The summed E-state index contributed by atoms with van der Waals surface area (Å²) in [6.07, 6.45) is -0.425. The Morgan fingerprint density at radius 1 is 0.935 bits per heavy atom. The lowest BCUT2D eigenvalue weighted by atomic mass is 9.95. The minimum atomic E-state index is -0.893. The van der Waals surface area contributed by atoms with E-state index in [1.807, 2.05) is 62.4 Å². The second kappa shape index (κ2) is 11.2. The van der Waals surface area contributed by atoms with Crippen molar-refractivity contribution in [2.75, 3.05) is 0 Å². The molecule has 7 heteroatoms. The summed E-state index contributed by atoms with van der Waals surface area (Å²) in [5.41, 5.74) is 9.39. The van der Waals surface area contributed by atoms with Gasteiger partial charge in [0, 0.05) is 6.42 Å². The zero-order valence-corrected chi connectivity index (χ0v) is 18.5. The third-order valence-electron chi connectivity index (χ3n) is 5.15. The maximum Gasteiger partial charge on any atom is 0.408 e. The number of carbonyl (C=O) groups excluding carboxylic acids is 3. The summed E-state index contributed by atoms with van der Waals surface area (Å²) in [7, 11) is 0. The maximum absolute atomic E-state index is 12.9. The molecule has 0 bridgehead atoms. The Kier molecular flexibility index (Phi) is 8.61. The summed E-state index contributed by atoms with van der Waals surface area (Å²) in [4.78, 5) is 37.1. The Bertz CT molecular complexity index is 892. The Balaban J connectivity index is 2.03. The normalized spacial score (nSPS) is 12.7. The fourth-order valence-electron chi connectivity index (χ4n) is 3.29. The average molecular weight is 426 g/mol. The number of hydrogen-bond donors (Lipinski definition) is 3. The highest BCUT2D eigenvalue weighted by Gasteiger charge is 2.29. The molecular weight excluding hydrogens is 394 g/mol. The zero-order chi connectivity index (χ0) is 23.0. The molecule has 0 saturated carbocycles. The number of aryl methyl sites for hydroxylation is 2. The summed E-state index contributed by atoms with van der Waals surface area (Å²) in [6.45, 7) is 7.58. The van der Waals surface area contributed by atoms with Crippen molar-refractivity contribution in [2.24, 2.45) is 11.7 Å². The van der Waals surface area contributed by atoms with Crippen molar-refractivity contribution < 1.29 is 19.1 Å². The van der Waals surface area contributed by atoms with Crippen LogP contribution in [0.5, 0.6) is 0 Å². The molecule has 0 aliphatic heterocycles. The summed E-state index contributed by atoms with van der Waals surface area (Å²) >= 11 is 0. The third-order valence-corrected chi connectivity index (χ3v) is 5.15. The molecule has 0 aliphatic carbocycles. The van der Waals surface area contributed by atoms with Crippen LogP contribution in [0.2, 0.25) is 0 Å². The predicted molar refractivity (Wildman–Crippen MR) is 119 cm³/mol. The van der Waals surface area contributed by atoms with E-state index >= 15 is 0 Å². The molecule has 0 aromatic heterocycles. The number of carbonyl (C=O) groups is 3. The summed E-state index contributed by atoms with van der Waals surface area (Å²) in [5, 5.41) is 5.29. The second-order valence-electron chi connectivity index (χ2n) is 7.97. The van der Waals surface area contributed by atoms with Crippen LogP contribution in [0.25, 0.3) is 0 Å². The van der Waals surface area contributed by atoms with Crippen LogP contribution >= 0.6 is 0 Å². The standard InChI is InChI=1S/C24H31N3O4/c1-15(2)21(27-24(30)31-14-18-11-6-5-7-12-18)23(29)26-20(22(25)28)13-19-16(3)9-8-10-17(19)4/h5-12,15,20-21H,13-14H2,1-4H3,(H2,25,28)(H,26,29)(H,27,30)/t20-,21+/m1/s1. The number of amides is 3. The molecule has 2 atom stereocenters. The molecular formula is C24H31N3O4. The van der Waals surface area contributed by atoms with Gasteiger partial charge in [-0.05, 0) is 42.0 Å². The lowest BCUT2D eigenvalue weighted by Gasteiger charge is -2.25. The van der Waals surface area contributed by atoms with E-state index in [0.717, 1.165) is 22.3 Å². The SMILES string of the molecule is Cc1cccc(C)c1C[C@@H](NC(=O)[C@@H](NC(=O)OCc1ccccc1)C(C)C)C(N)=O. The van der Waals surface area contributed by atoms with E-state index < -0.39 is 30.0 Å². The van der Waals surface area contributed by atoms with Gasteiger partial charge in [-0.15, -0.1) is 0 Å². The van der Waals surface area contributed by atoms with Crippen molar-refractivity contribution >= 4 is 17.9 Å². The molecule has 2 aromatic carbocycles. The number of nitrogens with two attached hydrogens (primary N) is 1. The van der Waals surface area contributed by atoms with E-state index in [-0.39, 0.29) is 18.9 Å². The molecule has 0 saturated heterocycles. The average Bonchev–Trinajstić information content (AvgIpc) is 2.72. The Labute approximate surface area is 183 Å². The first-order chi connectivity index (χ1) is 14.7. The smallest absolute Gasteiger partial charge is 0.408 e. The van der Waals surface area contributed by atoms with Crippen LogP contribution in [0.1, 0.15) is 36.1 Å². The molecule has 0 radical (unpaired) electrons. The van der Waals surface area contributed by atoms with E-state index in [0.29, 0.717) is 0 Å². The van der Waals surface area contributed by atoms with Crippen LogP contribution in [0, 0.1) is 19.8 Å². The lowest BCUT2D eigenvalue weighted by Crippen LogP contribution is -2.55. The largest absolute Gasteiger partial charge is 0.445 e. The molecule has 166 valence electrons. The van der Waals surface area contributed by atoms with Crippen molar-refractivity contribution in [1.82, 2.24) is 10.6 Å². The molecule has 2 aromatic rings. The first-order valence-electron chi connectivity index (χ1n) is 10.3. The van der Waals surface area contributed by atoms with E-state index in [1.54, 1.807) is 13.8 Å². The number of ether oxygens (including phenoxy) is 1. The second-order valence-corrected chi connectivity index (χ2v) is 7.97. The quantitative estimate of drug-likeness (QED) is 0.574. The first-order valence-corrected chi connectivity index (χ1v) is 10.3. The van der Waals surface area contributed by atoms with Gasteiger partial charge in [-0.2, -0.15) is 0 Å². The van der Waals surface area contributed by atoms with Crippen LogP contribution in [0.3, 0.4) is 0 Å². The minimum absolute atomic E-state index is 0.0928. The molecule has 0 spiro atoms. The number of alkyl carbamates (subject to hydrolysis) is 1. The zero-order valence-electron chi connectivity index (χ0n) is 18.5. The van der Waals surface area contributed by atoms with Crippen molar-refractivity contribution in [3.8, 4) is 0 Å². The van der Waals surface area contributed by atoms with Crippen LogP contribution in [0.15, 0.2) is 48.5 Å². The molecule has 7 nitrogen and oxygen atoms in total. The molecule has 31 heavy (non-hydrogen) atoms. The van der Waals surface area contributed by atoms with Crippen molar-refractivity contribution in [3.63, 3.8) is 0 Å². The minimum Gasteiger partial charge on any atom is -0.445 e. The van der Waals surface area contributed by atoms with E-state index in [2.05, 4.69) is 10.6 Å². The Morgan fingerprint density at radius 2 is 1.55 bits per heavy atom. The maximum atomic E-state index is 12.9. The molecule has 0 fully saturated rings. The monoisotopic (exact) mass is 425 g/mol. The van der Waals surface area contributed by atoms with E-state index in [4.69, 9.17) is 10.5 Å². The summed E-state index contributed by atoms with van der Waals surface area (Å²) in [5.74, 6) is -1.34. The van der Waals surface area contributed by atoms with Gasteiger partial charge in [-0.25, -0.2) is 4.79 Å². The van der Waals surface area contributed by atoms with Crippen molar-refractivity contribution in [3.05, 3.63) is 70.8 Å². The van der Waals surface area contributed by atoms with Crippen LogP contribution in [-0.4, -0.2) is 30.0 Å². The summed E-state index contributed by atoms with van der Waals surface area (Å²) < 4.78 is 5.22. The fourth-order valence-corrected chi connectivity index (χ4v) is 3.29. The van der Waals surface area contributed by atoms with Gasteiger partial charge in [0.1, 0.15) is 18.7 Å². The van der Waals surface area contributed by atoms with E-state index in [1.165, 1.54) is 0 Å². The van der Waals surface area contributed by atoms with Gasteiger partial charge >= 0.3 is 6.09 Å². The Hall–Kier alpha value is -3.35. The fraction of sp³-hybridized carbons (Fsp3) is 0.375. The molecule has 0 unspecified atom stereocenters. The predicted octanol–water partition coefficient (Wildman–Crippen LogP) is 2.77. The van der Waals surface area contributed by atoms with Gasteiger partial charge in [0.25, 0.3) is 0 Å². The molecule has 3 amide bonds. The number of benzene rings is 2.